The van der Waals surface area contributed by atoms with Crippen LogP contribution in [0, 0.1) is 5.92 Å². The van der Waals surface area contributed by atoms with Crippen LogP contribution in [0.2, 0.25) is 0 Å². The Labute approximate surface area is 116 Å². The fourth-order valence-corrected chi connectivity index (χ4v) is 2.97. The normalized spacial score (nSPS) is 22.2. The van der Waals surface area contributed by atoms with Gasteiger partial charge in [0.2, 0.25) is 0 Å². The minimum atomic E-state index is 0.332. The number of benzene rings is 1. The summed E-state index contributed by atoms with van der Waals surface area (Å²) in [5, 5.41) is 3.75. The average Bonchev–Trinajstić information content (AvgIpc) is 2.44. The van der Waals surface area contributed by atoms with Gasteiger partial charge in [-0.2, -0.15) is 0 Å². The van der Waals surface area contributed by atoms with E-state index in [0.717, 1.165) is 24.3 Å². The molecule has 0 aromatic heterocycles. The second-order valence-corrected chi connectivity index (χ2v) is 5.56. The Kier molecular flexibility index (Phi) is 4.35. The first kappa shape index (κ1) is 14.2. The van der Waals surface area contributed by atoms with Gasteiger partial charge in [-0.05, 0) is 30.9 Å². The molecule has 19 heavy (non-hydrogen) atoms. The van der Waals surface area contributed by atoms with Gasteiger partial charge in [0.15, 0.2) is 0 Å². The van der Waals surface area contributed by atoms with Gasteiger partial charge in [0.25, 0.3) is 0 Å². The Morgan fingerprint density at radius 3 is 2.37 bits per heavy atom. The molecule has 1 aliphatic heterocycles. The highest BCUT2D eigenvalue weighted by atomic mass is 16.5. The third-order valence-electron chi connectivity index (χ3n) is 4.05. The van der Waals surface area contributed by atoms with Crippen LogP contribution in [0.1, 0.15) is 44.4 Å². The Hall–Kier alpha value is -1.22. The Bertz CT molecular complexity index is 443. The Morgan fingerprint density at radius 1 is 1.21 bits per heavy atom. The van der Waals surface area contributed by atoms with Crippen molar-refractivity contribution < 1.29 is 9.47 Å². The van der Waals surface area contributed by atoms with Crippen molar-refractivity contribution >= 4 is 0 Å². The molecule has 2 atom stereocenters. The number of nitrogens with one attached hydrogen (secondary N) is 1. The summed E-state index contributed by atoms with van der Waals surface area (Å²) in [6.45, 7) is 6.73. The maximum Gasteiger partial charge on any atom is 0.124 e. The monoisotopic (exact) mass is 263 g/mol. The highest BCUT2D eigenvalue weighted by Gasteiger charge is 2.32. The zero-order chi connectivity index (χ0) is 14.0. The molecule has 106 valence electrons. The first-order valence-electron chi connectivity index (χ1n) is 7.12. The van der Waals surface area contributed by atoms with Crippen LogP contribution in [-0.4, -0.2) is 20.3 Å². The molecule has 0 saturated heterocycles. The lowest BCUT2D eigenvalue weighted by Crippen LogP contribution is -2.41. The Morgan fingerprint density at radius 2 is 1.84 bits per heavy atom. The molecule has 1 heterocycles. The molecular weight excluding hydrogens is 238 g/mol. The van der Waals surface area contributed by atoms with E-state index in [1.54, 1.807) is 14.2 Å². The molecule has 2 rings (SSSR count). The van der Waals surface area contributed by atoms with Crippen LogP contribution in [0.25, 0.3) is 0 Å². The summed E-state index contributed by atoms with van der Waals surface area (Å²) in [6.07, 6.45) is 2.14. The predicted octanol–water partition coefficient (Wildman–Crippen LogP) is 3.33. The molecule has 0 spiro atoms. The minimum absolute atomic E-state index is 0.332. The van der Waals surface area contributed by atoms with E-state index in [4.69, 9.17) is 9.47 Å². The maximum atomic E-state index is 5.57. The second kappa shape index (κ2) is 5.83. The van der Waals surface area contributed by atoms with E-state index in [2.05, 4.69) is 26.1 Å². The predicted molar refractivity (Wildman–Crippen MR) is 78.0 cm³/mol. The highest BCUT2D eigenvalue weighted by Crippen LogP contribution is 2.41. The molecule has 0 amide bonds. The van der Waals surface area contributed by atoms with E-state index >= 15 is 0 Å². The maximum absolute atomic E-state index is 5.57. The number of methoxy groups -OCH3 is 2. The SMILES string of the molecule is CCC1Cc2c(OC)ccc(OC)c2C(C(C)C)N1. The lowest BCUT2D eigenvalue weighted by molar-refractivity contribution is 0.304. The Balaban J connectivity index is 2.56. The van der Waals surface area contributed by atoms with Crippen LogP contribution < -0.4 is 14.8 Å². The van der Waals surface area contributed by atoms with Crippen molar-refractivity contribution in [1.82, 2.24) is 5.32 Å². The summed E-state index contributed by atoms with van der Waals surface area (Å²) in [6, 6.07) is 4.88. The number of hydrogen-bond donors (Lipinski definition) is 1. The molecule has 0 saturated carbocycles. The average molecular weight is 263 g/mol. The van der Waals surface area contributed by atoms with Crippen LogP contribution in [0.4, 0.5) is 0 Å². The highest BCUT2D eigenvalue weighted by molar-refractivity contribution is 5.52. The van der Waals surface area contributed by atoms with E-state index in [9.17, 15) is 0 Å². The molecule has 0 radical (unpaired) electrons. The van der Waals surface area contributed by atoms with Gasteiger partial charge in [-0.1, -0.05) is 20.8 Å². The summed E-state index contributed by atoms with van der Waals surface area (Å²) in [5.41, 5.74) is 2.59. The van der Waals surface area contributed by atoms with Crippen molar-refractivity contribution in [3.63, 3.8) is 0 Å². The van der Waals surface area contributed by atoms with Crippen LogP contribution in [-0.2, 0) is 6.42 Å². The second-order valence-electron chi connectivity index (χ2n) is 5.56. The molecule has 1 aromatic rings. The van der Waals surface area contributed by atoms with Gasteiger partial charge in [-0.25, -0.2) is 0 Å². The molecule has 3 nitrogen and oxygen atoms in total. The topological polar surface area (TPSA) is 30.5 Å². The van der Waals surface area contributed by atoms with E-state index in [-0.39, 0.29) is 0 Å². The standard InChI is InChI=1S/C16H25NO2/c1-6-11-9-12-13(18-4)7-8-14(19-5)15(12)16(17-11)10(2)3/h7-8,10-11,16-17H,6,9H2,1-5H3. The molecule has 2 unspecified atom stereocenters. The van der Waals surface area contributed by atoms with Crippen LogP contribution in [0.3, 0.4) is 0 Å². The van der Waals surface area contributed by atoms with Gasteiger partial charge in [0.05, 0.1) is 14.2 Å². The van der Waals surface area contributed by atoms with Crippen molar-refractivity contribution in [3.8, 4) is 11.5 Å². The van der Waals surface area contributed by atoms with Crippen LogP contribution in [0.5, 0.6) is 11.5 Å². The third kappa shape index (κ3) is 2.57. The first-order chi connectivity index (χ1) is 9.12. The first-order valence-corrected chi connectivity index (χ1v) is 7.12. The number of hydrogen-bond acceptors (Lipinski definition) is 3. The summed E-state index contributed by atoms with van der Waals surface area (Å²) in [5.74, 6) is 2.48. The van der Waals surface area contributed by atoms with E-state index in [1.807, 2.05) is 12.1 Å². The van der Waals surface area contributed by atoms with Crippen LogP contribution in [0.15, 0.2) is 12.1 Å². The lowest BCUT2D eigenvalue weighted by Gasteiger charge is -2.36. The number of rotatable bonds is 4. The smallest absolute Gasteiger partial charge is 0.124 e. The van der Waals surface area contributed by atoms with E-state index in [1.165, 1.54) is 11.1 Å². The number of ether oxygens (including phenoxy) is 2. The zero-order valence-electron chi connectivity index (χ0n) is 12.6. The molecule has 3 heteroatoms. The molecule has 1 N–H and O–H groups in total. The summed E-state index contributed by atoms with van der Waals surface area (Å²) < 4.78 is 11.1. The zero-order valence-corrected chi connectivity index (χ0v) is 12.6. The van der Waals surface area contributed by atoms with E-state index < -0.39 is 0 Å². The van der Waals surface area contributed by atoms with E-state index in [0.29, 0.717) is 18.0 Å². The summed E-state index contributed by atoms with van der Waals surface area (Å²) in [7, 11) is 3.49. The fourth-order valence-electron chi connectivity index (χ4n) is 2.97. The van der Waals surface area contributed by atoms with Crippen molar-refractivity contribution in [3.05, 3.63) is 23.3 Å². The van der Waals surface area contributed by atoms with Crippen molar-refractivity contribution in [2.24, 2.45) is 5.92 Å². The van der Waals surface area contributed by atoms with Crippen molar-refractivity contribution in [2.75, 3.05) is 14.2 Å². The molecule has 1 aromatic carbocycles. The van der Waals surface area contributed by atoms with Crippen LogP contribution >= 0.6 is 0 Å². The van der Waals surface area contributed by atoms with Gasteiger partial charge in [-0.15, -0.1) is 0 Å². The summed E-state index contributed by atoms with van der Waals surface area (Å²) in [4.78, 5) is 0. The molecule has 1 aliphatic rings. The molecule has 0 fully saturated rings. The van der Waals surface area contributed by atoms with Gasteiger partial charge < -0.3 is 14.8 Å². The van der Waals surface area contributed by atoms with Crippen molar-refractivity contribution in [2.45, 2.75) is 45.7 Å². The molecular formula is C16H25NO2. The third-order valence-corrected chi connectivity index (χ3v) is 4.05. The summed E-state index contributed by atoms with van der Waals surface area (Å²) >= 11 is 0. The lowest BCUT2D eigenvalue weighted by atomic mass is 9.83. The van der Waals surface area contributed by atoms with Gasteiger partial charge in [-0.3, -0.25) is 0 Å². The molecule has 0 bridgehead atoms. The van der Waals surface area contributed by atoms with Crippen molar-refractivity contribution in [1.29, 1.82) is 0 Å². The minimum Gasteiger partial charge on any atom is -0.496 e. The molecule has 0 aliphatic carbocycles. The van der Waals surface area contributed by atoms with Gasteiger partial charge in [0, 0.05) is 23.2 Å². The quantitative estimate of drug-likeness (QED) is 0.904. The largest absolute Gasteiger partial charge is 0.496 e. The fraction of sp³-hybridized carbons (Fsp3) is 0.625. The van der Waals surface area contributed by atoms with Gasteiger partial charge in [0.1, 0.15) is 11.5 Å². The van der Waals surface area contributed by atoms with Gasteiger partial charge >= 0.3 is 0 Å². The number of fused-ring (bicyclic) bond motifs is 1.